The second-order valence-corrected chi connectivity index (χ2v) is 10.3. The number of carbonyl (C=O) groups excluding carboxylic acids is 2. The number of alkyl halides is 5. The number of allylic oxidation sites excluding steroid dienone is 2. The number of hydrogen-bond donors (Lipinski definition) is 2. The van der Waals surface area contributed by atoms with Crippen LogP contribution in [0, 0.1) is 5.92 Å². The van der Waals surface area contributed by atoms with Gasteiger partial charge in [-0.05, 0) is 80.2 Å². The highest BCUT2D eigenvalue weighted by Gasteiger charge is 2.37. The molecule has 2 amide bonds. The number of halogens is 5. The minimum atomic E-state index is -4.73. The average Bonchev–Trinajstić information content (AvgIpc) is 3.19. The number of hydrogen-bond acceptors (Lipinski definition) is 5. The summed E-state index contributed by atoms with van der Waals surface area (Å²) in [5, 5.41) is 5.20. The van der Waals surface area contributed by atoms with Gasteiger partial charge in [0.05, 0.1) is 10.5 Å². The van der Waals surface area contributed by atoms with Gasteiger partial charge in [0.2, 0.25) is 5.91 Å². The van der Waals surface area contributed by atoms with Crippen LogP contribution in [0.1, 0.15) is 42.4 Å². The van der Waals surface area contributed by atoms with Crippen LogP contribution in [0.25, 0.3) is 0 Å². The molecular weight excluding hydrogens is 515 g/mol. The molecule has 0 spiro atoms. The van der Waals surface area contributed by atoms with Crippen LogP contribution < -0.4 is 10.6 Å². The molecule has 1 atom stereocenters. The maximum atomic E-state index is 14.4. The molecule has 37 heavy (non-hydrogen) atoms. The van der Waals surface area contributed by atoms with Crippen molar-refractivity contribution in [1.82, 2.24) is 15.5 Å². The van der Waals surface area contributed by atoms with Crippen molar-refractivity contribution in [3.63, 3.8) is 0 Å². The maximum absolute atomic E-state index is 14.4. The Labute approximate surface area is 215 Å². The van der Waals surface area contributed by atoms with Gasteiger partial charge in [-0.15, -0.1) is 0 Å². The highest BCUT2D eigenvalue weighted by atomic mass is 32.2. The number of nitrogens with one attached hydrogen (secondary N) is 2. The lowest BCUT2D eigenvalue weighted by atomic mass is 9.94. The van der Waals surface area contributed by atoms with E-state index in [1.54, 1.807) is 0 Å². The molecule has 0 aliphatic carbocycles. The predicted molar refractivity (Wildman–Crippen MR) is 131 cm³/mol. The van der Waals surface area contributed by atoms with Gasteiger partial charge in [-0.1, -0.05) is 18.7 Å². The Morgan fingerprint density at radius 2 is 1.86 bits per heavy atom. The lowest BCUT2D eigenvalue weighted by Gasteiger charge is -2.32. The van der Waals surface area contributed by atoms with Crippen molar-refractivity contribution in [2.75, 3.05) is 19.6 Å². The number of carbonyl (C=O) groups is 2. The molecule has 3 saturated heterocycles. The molecule has 4 rings (SSSR count). The minimum absolute atomic E-state index is 0.0818. The van der Waals surface area contributed by atoms with Crippen molar-refractivity contribution in [1.29, 1.82) is 0 Å². The van der Waals surface area contributed by atoms with E-state index in [1.165, 1.54) is 0 Å². The van der Waals surface area contributed by atoms with E-state index >= 15 is 0 Å². The molecule has 3 fully saturated rings. The zero-order chi connectivity index (χ0) is 26.8. The normalized spacial score (nSPS) is 24.4. The first-order chi connectivity index (χ1) is 17.5. The number of likely N-dealkylation sites (tertiary alicyclic amines) is 1. The molecule has 1 unspecified atom stereocenters. The third-order valence-corrected chi connectivity index (χ3v) is 7.50. The second kappa shape index (κ2) is 10.9. The van der Waals surface area contributed by atoms with Crippen molar-refractivity contribution in [3.8, 4) is 0 Å². The number of benzene rings is 1. The Morgan fingerprint density at radius 1 is 1.14 bits per heavy atom. The molecule has 0 saturated carbocycles. The minimum Gasteiger partial charge on any atom is -0.354 e. The van der Waals surface area contributed by atoms with Gasteiger partial charge in [0.15, 0.2) is 0 Å². The van der Waals surface area contributed by atoms with Gasteiger partial charge >= 0.3 is 6.18 Å². The Morgan fingerprint density at radius 3 is 2.51 bits per heavy atom. The molecule has 3 aliphatic heterocycles. The largest absolute Gasteiger partial charge is 0.416 e. The predicted octanol–water partition coefficient (Wildman–Crippen LogP) is 5.21. The standard InChI is InChI=1S/C25H27F5N4O2S/c1-2-24(26,27)18-13-17(25(28,29)30)6-5-16(18)14-34-10-7-15(8-11-34)12-20-21(33-23(36)37-20)32-19-4-3-9-31-22(19)35/h2,5-6,12-13,15,19H,1,3-4,7-11,14H2,(H,31,35)(H,32,33,36)/b20-12-. The Bertz CT molecular complexity index is 1130. The first-order valence-corrected chi connectivity index (χ1v) is 12.8. The molecule has 0 radical (unpaired) electrons. The van der Waals surface area contributed by atoms with E-state index in [0.717, 1.165) is 30.3 Å². The number of piperidine rings is 2. The van der Waals surface area contributed by atoms with E-state index in [0.29, 0.717) is 61.8 Å². The van der Waals surface area contributed by atoms with E-state index in [1.807, 2.05) is 11.0 Å². The quantitative estimate of drug-likeness (QED) is 0.382. The number of amides is 2. The van der Waals surface area contributed by atoms with Crippen LogP contribution in [0.3, 0.4) is 0 Å². The van der Waals surface area contributed by atoms with E-state index in [-0.39, 0.29) is 29.2 Å². The van der Waals surface area contributed by atoms with Crippen LogP contribution in [0.2, 0.25) is 0 Å². The monoisotopic (exact) mass is 542 g/mol. The number of amidine groups is 1. The molecule has 12 heteroatoms. The summed E-state index contributed by atoms with van der Waals surface area (Å²) in [6, 6.07) is 1.90. The van der Waals surface area contributed by atoms with Crippen molar-refractivity contribution in [3.05, 3.63) is 58.5 Å². The first-order valence-electron chi connectivity index (χ1n) is 12.0. The van der Waals surface area contributed by atoms with E-state index in [2.05, 4.69) is 22.2 Å². The highest BCUT2D eigenvalue weighted by Crippen LogP contribution is 2.38. The van der Waals surface area contributed by atoms with Gasteiger partial charge < -0.3 is 10.6 Å². The van der Waals surface area contributed by atoms with E-state index < -0.39 is 29.3 Å². The summed E-state index contributed by atoms with van der Waals surface area (Å²) < 4.78 is 68.2. The third kappa shape index (κ3) is 6.59. The van der Waals surface area contributed by atoms with Crippen molar-refractivity contribution in [2.45, 2.75) is 50.4 Å². The van der Waals surface area contributed by atoms with Crippen LogP contribution >= 0.6 is 11.8 Å². The molecule has 0 aromatic heterocycles. The van der Waals surface area contributed by atoms with Gasteiger partial charge in [-0.3, -0.25) is 19.5 Å². The molecule has 3 aliphatic rings. The van der Waals surface area contributed by atoms with Crippen LogP contribution in [-0.2, 0) is 23.4 Å². The second-order valence-electron chi connectivity index (χ2n) is 9.28. The number of thioether (sulfide) groups is 1. The molecule has 0 bridgehead atoms. The lowest BCUT2D eigenvalue weighted by molar-refractivity contribution is -0.137. The fraction of sp³-hybridized carbons (Fsp3) is 0.480. The summed E-state index contributed by atoms with van der Waals surface area (Å²) in [5.41, 5.74) is -1.70. The zero-order valence-corrected chi connectivity index (χ0v) is 20.7. The molecular formula is C25H27F5N4O2S. The lowest BCUT2D eigenvalue weighted by Crippen LogP contribution is -2.40. The summed E-state index contributed by atoms with van der Waals surface area (Å²) in [6.07, 6.45) is 0.341. The summed E-state index contributed by atoms with van der Waals surface area (Å²) >= 11 is 1.02. The van der Waals surface area contributed by atoms with Crippen molar-refractivity contribution in [2.24, 2.45) is 10.9 Å². The first kappa shape index (κ1) is 27.3. The fourth-order valence-electron chi connectivity index (χ4n) is 4.62. The van der Waals surface area contributed by atoms with Gasteiger partial charge in [-0.25, -0.2) is 0 Å². The Kier molecular flexibility index (Phi) is 8.08. The van der Waals surface area contributed by atoms with Crippen molar-refractivity contribution >= 4 is 28.7 Å². The number of nitrogens with zero attached hydrogens (tertiary/aromatic N) is 2. The Hall–Kier alpha value is -2.73. The highest BCUT2D eigenvalue weighted by molar-refractivity contribution is 8.18. The summed E-state index contributed by atoms with van der Waals surface area (Å²) in [6.45, 7) is 4.86. The SMILES string of the molecule is C=CC(F)(F)c1cc(C(F)(F)F)ccc1CN1CCC(/C=C2\SC(=O)NC2=NC2CCCNC2=O)CC1. The van der Waals surface area contributed by atoms with Crippen LogP contribution in [-0.4, -0.2) is 47.6 Å². The van der Waals surface area contributed by atoms with Gasteiger partial charge in [0.1, 0.15) is 11.9 Å². The molecule has 2 N–H and O–H groups in total. The number of aliphatic imine (C=N–C) groups is 1. The van der Waals surface area contributed by atoms with E-state index in [4.69, 9.17) is 0 Å². The topological polar surface area (TPSA) is 73.8 Å². The zero-order valence-electron chi connectivity index (χ0n) is 19.9. The summed E-state index contributed by atoms with van der Waals surface area (Å²) in [5.74, 6) is -3.27. The maximum Gasteiger partial charge on any atom is 0.416 e. The molecule has 1 aromatic rings. The Balaban J connectivity index is 1.44. The smallest absolute Gasteiger partial charge is 0.354 e. The third-order valence-electron chi connectivity index (χ3n) is 6.66. The summed E-state index contributed by atoms with van der Waals surface area (Å²) in [7, 11) is 0. The van der Waals surface area contributed by atoms with Gasteiger partial charge in [0.25, 0.3) is 11.2 Å². The fourth-order valence-corrected chi connectivity index (χ4v) is 5.43. The van der Waals surface area contributed by atoms with E-state index in [9.17, 15) is 31.5 Å². The molecule has 3 heterocycles. The molecule has 1 aromatic carbocycles. The number of rotatable bonds is 6. The summed E-state index contributed by atoms with van der Waals surface area (Å²) in [4.78, 5) is 31.1. The van der Waals surface area contributed by atoms with Crippen LogP contribution in [0.15, 0.2) is 46.8 Å². The van der Waals surface area contributed by atoms with Gasteiger partial charge in [-0.2, -0.15) is 22.0 Å². The molecule has 6 nitrogen and oxygen atoms in total. The van der Waals surface area contributed by atoms with Crippen molar-refractivity contribution < 1.29 is 31.5 Å². The molecule has 200 valence electrons. The van der Waals surface area contributed by atoms with Gasteiger partial charge in [0, 0.05) is 18.7 Å². The average molecular weight is 543 g/mol. The van der Waals surface area contributed by atoms with Crippen LogP contribution in [0.4, 0.5) is 26.7 Å². The van der Waals surface area contributed by atoms with Crippen LogP contribution in [0.5, 0.6) is 0 Å².